The van der Waals surface area contributed by atoms with Gasteiger partial charge in [0.1, 0.15) is 0 Å². The Kier molecular flexibility index (Phi) is 5.10. The zero-order valence-corrected chi connectivity index (χ0v) is 22.2. The van der Waals surface area contributed by atoms with Crippen molar-refractivity contribution in [2.24, 2.45) is 5.92 Å². The molecule has 0 saturated heterocycles. The molecule has 2 aliphatic carbocycles. The van der Waals surface area contributed by atoms with Gasteiger partial charge < -0.3 is 0 Å². The van der Waals surface area contributed by atoms with E-state index >= 15 is 0 Å². The molecule has 0 heterocycles. The van der Waals surface area contributed by atoms with E-state index in [-0.39, 0.29) is 0 Å². The van der Waals surface area contributed by atoms with Crippen LogP contribution in [0.5, 0.6) is 0 Å². The van der Waals surface area contributed by atoms with Gasteiger partial charge in [-0.1, -0.05) is 122 Å². The summed E-state index contributed by atoms with van der Waals surface area (Å²) in [4.78, 5) is 0. The molecule has 39 heavy (non-hydrogen) atoms. The monoisotopic (exact) mass is 498 g/mol. The van der Waals surface area contributed by atoms with Gasteiger partial charge in [-0.05, 0) is 108 Å². The first-order chi connectivity index (χ1) is 19.3. The normalized spacial score (nSPS) is 16.6. The molecule has 6 aromatic rings. The Bertz CT molecular complexity index is 1950. The van der Waals surface area contributed by atoms with Crippen molar-refractivity contribution in [3.8, 4) is 22.3 Å². The minimum Gasteiger partial charge on any atom is -0.0839 e. The molecule has 0 saturated carbocycles. The molecule has 0 aliphatic heterocycles. The molecule has 0 N–H and O–H groups in total. The van der Waals surface area contributed by atoms with E-state index in [4.69, 9.17) is 0 Å². The van der Waals surface area contributed by atoms with Crippen molar-refractivity contribution in [3.05, 3.63) is 138 Å². The molecule has 0 amide bonds. The molecule has 2 aliphatic rings. The number of fused-ring (bicyclic) bond motifs is 8. The fraction of sp³-hybridized carbons (Fsp3) is 0.128. The highest BCUT2D eigenvalue weighted by Crippen LogP contribution is 2.44. The molecule has 0 fully saturated rings. The molecular formula is C39H30. The second-order valence-electron chi connectivity index (χ2n) is 11.2. The third-order valence-corrected chi connectivity index (χ3v) is 9.02. The lowest BCUT2D eigenvalue weighted by Crippen LogP contribution is -2.15. The van der Waals surface area contributed by atoms with Crippen LogP contribution in [0.15, 0.2) is 127 Å². The molecule has 0 nitrogen and oxygen atoms in total. The molecule has 0 heteroatoms. The van der Waals surface area contributed by atoms with E-state index in [1.54, 1.807) is 11.1 Å². The standard InChI is InChI=1S/C39H30/c1-25-23-38-30(15-8-16-36(38)31-10-3-2-9-29(25)31)27-19-17-26(18-20-27)28-21-22-37-34-13-5-4-11-32(34)33-12-6-7-14-35(33)39(37)24-28/h2,4-9,11-22,24-25H,3,10,23H2,1H3. The van der Waals surface area contributed by atoms with Crippen molar-refractivity contribution in [1.82, 2.24) is 0 Å². The van der Waals surface area contributed by atoms with Gasteiger partial charge in [-0.25, -0.2) is 0 Å². The number of hydrogen-bond donors (Lipinski definition) is 0. The third-order valence-electron chi connectivity index (χ3n) is 9.02. The van der Waals surface area contributed by atoms with Crippen LogP contribution in [-0.2, 0) is 6.42 Å². The van der Waals surface area contributed by atoms with Crippen LogP contribution >= 0.6 is 0 Å². The Labute approximate surface area is 229 Å². The van der Waals surface area contributed by atoms with Gasteiger partial charge in [-0.15, -0.1) is 0 Å². The number of hydrogen-bond acceptors (Lipinski definition) is 0. The van der Waals surface area contributed by atoms with Crippen molar-refractivity contribution in [1.29, 1.82) is 0 Å². The van der Waals surface area contributed by atoms with Crippen LogP contribution in [0.3, 0.4) is 0 Å². The Morgan fingerprint density at radius 1 is 0.538 bits per heavy atom. The summed E-state index contributed by atoms with van der Waals surface area (Å²) in [7, 11) is 0. The van der Waals surface area contributed by atoms with Gasteiger partial charge in [0.15, 0.2) is 0 Å². The maximum atomic E-state index is 2.39. The second kappa shape index (κ2) is 8.82. The van der Waals surface area contributed by atoms with E-state index in [9.17, 15) is 0 Å². The molecule has 186 valence electrons. The topological polar surface area (TPSA) is 0 Å². The van der Waals surface area contributed by atoms with Crippen LogP contribution in [0.1, 0.15) is 30.9 Å². The maximum Gasteiger partial charge on any atom is -0.00928 e. The number of benzene rings is 6. The summed E-state index contributed by atoms with van der Waals surface area (Å²) in [6, 6.07) is 40.8. The molecule has 1 unspecified atom stereocenters. The molecule has 6 aromatic carbocycles. The average molecular weight is 499 g/mol. The van der Waals surface area contributed by atoms with Crippen molar-refractivity contribution in [2.45, 2.75) is 26.2 Å². The molecule has 8 rings (SSSR count). The summed E-state index contributed by atoms with van der Waals surface area (Å²) < 4.78 is 0. The smallest absolute Gasteiger partial charge is 0.00928 e. The quantitative estimate of drug-likeness (QED) is 0.208. The van der Waals surface area contributed by atoms with Crippen molar-refractivity contribution < 1.29 is 0 Å². The van der Waals surface area contributed by atoms with Gasteiger partial charge in [0, 0.05) is 0 Å². The van der Waals surface area contributed by atoms with Crippen LogP contribution in [0.25, 0.3) is 60.1 Å². The molecule has 0 spiro atoms. The first-order valence-electron chi connectivity index (χ1n) is 14.2. The van der Waals surface area contributed by atoms with E-state index in [2.05, 4.69) is 128 Å². The van der Waals surface area contributed by atoms with Gasteiger partial charge in [0.2, 0.25) is 0 Å². The highest BCUT2D eigenvalue weighted by molar-refractivity contribution is 6.25. The fourth-order valence-electron chi connectivity index (χ4n) is 7.14. The summed E-state index contributed by atoms with van der Waals surface area (Å²) in [5.41, 5.74) is 11.4. The highest BCUT2D eigenvalue weighted by Gasteiger charge is 2.26. The van der Waals surface area contributed by atoms with Crippen LogP contribution < -0.4 is 0 Å². The van der Waals surface area contributed by atoms with Gasteiger partial charge in [0.25, 0.3) is 0 Å². The Balaban J connectivity index is 1.23. The lowest BCUT2D eigenvalue weighted by atomic mass is 9.74. The maximum absolute atomic E-state index is 2.39. The Morgan fingerprint density at radius 2 is 1.13 bits per heavy atom. The van der Waals surface area contributed by atoms with E-state index < -0.39 is 0 Å². The number of rotatable bonds is 2. The minimum atomic E-state index is 0.577. The molecule has 1 atom stereocenters. The SMILES string of the molecule is CC1Cc2c(cccc2-c2ccc(-c3ccc4c5ccccc5c5ccccc5c4c3)cc2)C2=C1C=CCC2. The first kappa shape index (κ1) is 22.6. The fourth-order valence-corrected chi connectivity index (χ4v) is 7.14. The zero-order valence-electron chi connectivity index (χ0n) is 22.2. The van der Waals surface area contributed by atoms with Crippen molar-refractivity contribution >= 4 is 37.9 Å². The van der Waals surface area contributed by atoms with Gasteiger partial charge >= 0.3 is 0 Å². The molecule has 0 aromatic heterocycles. The van der Waals surface area contributed by atoms with E-state index in [1.807, 2.05) is 0 Å². The van der Waals surface area contributed by atoms with Crippen molar-refractivity contribution in [3.63, 3.8) is 0 Å². The summed E-state index contributed by atoms with van der Waals surface area (Å²) >= 11 is 0. The number of allylic oxidation sites excluding steroid dienone is 4. The molecule has 0 bridgehead atoms. The van der Waals surface area contributed by atoms with Crippen LogP contribution in [0.4, 0.5) is 0 Å². The molecule has 0 radical (unpaired) electrons. The largest absolute Gasteiger partial charge is 0.0839 e. The lowest BCUT2D eigenvalue weighted by Gasteiger charge is -2.30. The first-order valence-corrected chi connectivity index (χ1v) is 14.2. The van der Waals surface area contributed by atoms with E-state index in [0.717, 1.165) is 19.3 Å². The second-order valence-corrected chi connectivity index (χ2v) is 11.2. The molecular weight excluding hydrogens is 468 g/mol. The summed E-state index contributed by atoms with van der Waals surface area (Å²) in [5.74, 6) is 0.577. The van der Waals surface area contributed by atoms with Crippen LogP contribution in [0.2, 0.25) is 0 Å². The van der Waals surface area contributed by atoms with Crippen LogP contribution in [-0.4, -0.2) is 0 Å². The predicted molar refractivity (Wildman–Crippen MR) is 168 cm³/mol. The van der Waals surface area contributed by atoms with Gasteiger partial charge in [-0.3, -0.25) is 0 Å². The minimum absolute atomic E-state index is 0.577. The summed E-state index contributed by atoms with van der Waals surface area (Å²) in [5, 5.41) is 7.93. The van der Waals surface area contributed by atoms with Gasteiger partial charge in [-0.2, -0.15) is 0 Å². The summed E-state index contributed by atoms with van der Waals surface area (Å²) in [6.45, 7) is 2.39. The average Bonchev–Trinajstić information content (AvgIpc) is 3.01. The predicted octanol–water partition coefficient (Wildman–Crippen LogP) is 10.8. The van der Waals surface area contributed by atoms with Gasteiger partial charge in [0.05, 0.1) is 0 Å². The zero-order chi connectivity index (χ0) is 25.9. The lowest BCUT2D eigenvalue weighted by molar-refractivity contribution is 0.674. The Hall–Kier alpha value is -4.42. The summed E-state index contributed by atoms with van der Waals surface area (Å²) in [6.07, 6.45) is 8.16. The Morgan fingerprint density at radius 3 is 1.85 bits per heavy atom. The van der Waals surface area contributed by atoms with E-state index in [1.165, 1.54) is 65.7 Å². The van der Waals surface area contributed by atoms with Crippen LogP contribution in [0, 0.1) is 5.92 Å². The van der Waals surface area contributed by atoms with Crippen molar-refractivity contribution in [2.75, 3.05) is 0 Å². The third kappa shape index (κ3) is 3.52. The highest BCUT2D eigenvalue weighted by atomic mass is 14.3. The van der Waals surface area contributed by atoms with E-state index in [0.29, 0.717) is 5.92 Å².